The number of hydrogen-bond acceptors (Lipinski definition) is 5. The molecule has 1 aliphatic heterocycles. The van der Waals surface area contributed by atoms with Crippen LogP contribution in [0.25, 0.3) is 0 Å². The highest BCUT2D eigenvalue weighted by Crippen LogP contribution is 2.32. The van der Waals surface area contributed by atoms with Gasteiger partial charge in [0.1, 0.15) is 18.5 Å². The second kappa shape index (κ2) is 5.07. The highest BCUT2D eigenvalue weighted by atomic mass is 16.7. The fourth-order valence-electron chi connectivity index (χ4n) is 1.82. The predicted molar refractivity (Wildman–Crippen MR) is 66.4 cm³/mol. The number of amides is 1. The Labute approximate surface area is 111 Å². The van der Waals surface area contributed by atoms with Crippen LogP contribution in [0, 0.1) is 0 Å². The van der Waals surface area contributed by atoms with Gasteiger partial charge in [0.05, 0.1) is 6.61 Å². The predicted octanol–water partition coefficient (Wildman–Crippen LogP) is 1.46. The second-order valence-corrected chi connectivity index (χ2v) is 4.80. The zero-order chi connectivity index (χ0) is 14.0. The number of fused-ring (bicyclic) bond motifs is 1. The van der Waals surface area contributed by atoms with Crippen LogP contribution in [0.3, 0.4) is 0 Å². The van der Waals surface area contributed by atoms with Crippen molar-refractivity contribution in [1.82, 2.24) is 0 Å². The molecule has 1 aliphatic rings. The first-order valence-electron chi connectivity index (χ1n) is 5.93. The highest BCUT2D eigenvalue weighted by molar-refractivity contribution is 5.64. The molecule has 6 nitrogen and oxygen atoms in total. The standard InChI is InChI=1S/C13H17NO5/c1-13(2)18-6-9-5-8(3-4-11(9)19-13)10(15)7-17-12(14)16/h3-5,10,15H,6-7H2,1-2H3,(H2,14,16). The van der Waals surface area contributed by atoms with Gasteiger partial charge in [-0.3, -0.25) is 0 Å². The molecular weight excluding hydrogens is 250 g/mol. The van der Waals surface area contributed by atoms with Crippen molar-refractivity contribution in [2.24, 2.45) is 5.73 Å². The molecule has 0 radical (unpaired) electrons. The van der Waals surface area contributed by atoms with Crippen molar-refractivity contribution in [3.05, 3.63) is 29.3 Å². The van der Waals surface area contributed by atoms with Gasteiger partial charge in [-0.25, -0.2) is 4.79 Å². The van der Waals surface area contributed by atoms with E-state index in [0.29, 0.717) is 12.2 Å². The quantitative estimate of drug-likeness (QED) is 0.865. The zero-order valence-corrected chi connectivity index (χ0v) is 10.9. The van der Waals surface area contributed by atoms with Crippen molar-refractivity contribution in [2.45, 2.75) is 32.3 Å². The van der Waals surface area contributed by atoms with E-state index < -0.39 is 18.0 Å². The molecule has 0 saturated heterocycles. The maximum absolute atomic E-state index is 10.5. The van der Waals surface area contributed by atoms with Crippen LogP contribution >= 0.6 is 0 Å². The van der Waals surface area contributed by atoms with Gasteiger partial charge in [0, 0.05) is 19.4 Å². The van der Waals surface area contributed by atoms with Crippen molar-refractivity contribution >= 4 is 6.09 Å². The van der Waals surface area contributed by atoms with Gasteiger partial charge in [0.2, 0.25) is 5.79 Å². The van der Waals surface area contributed by atoms with E-state index in [1.807, 2.05) is 13.8 Å². The largest absolute Gasteiger partial charge is 0.463 e. The van der Waals surface area contributed by atoms with Crippen LogP contribution < -0.4 is 10.5 Å². The Morgan fingerprint density at radius 2 is 2.32 bits per heavy atom. The van der Waals surface area contributed by atoms with Crippen molar-refractivity contribution in [2.75, 3.05) is 6.61 Å². The van der Waals surface area contributed by atoms with Gasteiger partial charge >= 0.3 is 6.09 Å². The summed E-state index contributed by atoms with van der Waals surface area (Å²) < 4.78 is 15.7. The number of carbonyl (C=O) groups is 1. The average molecular weight is 267 g/mol. The maximum Gasteiger partial charge on any atom is 0.404 e. The molecule has 2 rings (SSSR count). The minimum atomic E-state index is -0.923. The van der Waals surface area contributed by atoms with Gasteiger partial charge in [0.15, 0.2) is 0 Å². The topological polar surface area (TPSA) is 91.0 Å². The summed E-state index contributed by atoms with van der Waals surface area (Å²) in [5, 5.41) is 9.86. The summed E-state index contributed by atoms with van der Waals surface area (Å²) in [7, 11) is 0. The number of hydrogen-bond donors (Lipinski definition) is 2. The smallest absolute Gasteiger partial charge is 0.404 e. The monoisotopic (exact) mass is 267 g/mol. The van der Waals surface area contributed by atoms with E-state index in [-0.39, 0.29) is 6.61 Å². The summed E-state index contributed by atoms with van der Waals surface area (Å²) in [6.07, 6.45) is -1.84. The molecule has 1 unspecified atom stereocenters. The van der Waals surface area contributed by atoms with Gasteiger partial charge in [-0.15, -0.1) is 0 Å². The summed E-state index contributed by atoms with van der Waals surface area (Å²) in [6, 6.07) is 5.25. The number of ether oxygens (including phenoxy) is 3. The summed E-state index contributed by atoms with van der Waals surface area (Å²) in [5.41, 5.74) is 6.31. The van der Waals surface area contributed by atoms with Crippen molar-refractivity contribution in [3.63, 3.8) is 0 Å². The molecule has 1 atom stereocenters. The van der Waals surface area contributed by atoms with Crippen molar-refractivity contribution in [1.29, 1.82) is 0 Å². The van der Waals surface area contributed by atoms with Gasteiger partial charge < -0.3 is 25.1 Å². The molecule has 0 aliphatic carbocycles. The van der Waals surface area contributed by atoms with E-state index in [1.54, 1.807) is 18.2 Å². The van der Waals surface area contributed by atoms with Gasteiger partial charge in [-0.2, -0.15) is 0 Å². The molecule has 1 heterocycles. The zero-order valence-electron chi connectivity index (χ0n) is 10.9. The average Bonchev–Trinajstić information content (AvgIpc) is 2.34. The third kappa shape index (κ3) is 3.36. The van der Waals surface area contributed by atoms with Crippen LogP contribution in [0.2, 0.25) is 0 Å². The number of benzene rings is 1. The molecule has 1 amide bonds. The first-order valence-corrected chi connectivity index (χ1v) is 5.93. The van der Waals surface area contributed by atoms with Crippen LogP contribution in [0.5, 0.6) is 5.75 Å². The van der Waals surface area contributed by atoms with Crippen molar-refractivity contribution < 1.29 is 24.1 Å². The van der Waals surface area contributed by atoms with Crippen LogP contribution in [-0.4, -0.2) is 23.6 Å². The molecule has 0 spiro atoms. The third-order valence-corrected chi connectivity index (χ3v) is 2.78. The Morgan fingerprint density at radius 3 is 3.00 bits per heavy atom. The summed E-state index contributed by atoms with van der Waals surface area (Å²) in [4.78, 5) is 10.5. The Bertz CT molecular complexity index is 486. The molecule has 1 aromatic rings. The Kier molecular flexibility index (Phi) is 3.64. The summed E-state index contributed by atoms with van der Waals surface area (Å²) >= 11 is 0. The van der Waals surface area contributed by atoms with Gasteiger partial charge in [-0.1, -0.05) is 6.07 Å². The minimum Gasteiger partial charge on any atom is -0.463 e. The molecule has 19 heavy (non-hydrogen) atoms. The number of aliphatic hydroxyl groups is 1. The third-order valence-electron chi connectivity index (χ3n) is 2.78. The molecule has 0 saturated carbocycles. The van der Waals surface area contributed by atoms with Crippen molar-refractivity contribution in [3.8, 4) is 5.75 Å². The molecular formula is C13H17NO5. The Hall–Kier alpha value is -1.79. The first-order chi connectivity index (χ1) is 8.87. The molecule has 0 fully saturated rings. The van der Waals surface area contributed by atoms with Crippen LogP contribution in [-0.2, 0) is 16.1 Å². The molecule has 104 valence electrons. The lowest BCUT2D eigenvalue weighted by Crippen LogP contribution is -2.35. The summed E-state index contributed by atoms with van der Waals surface area (Å²) in [6.45, 7) is 3.89. The fourth-order valence-corrected chi connectivity index (χ4v) is 1.82. The lowest BCUT2D eigenvalue weighted by Gasteiger charge is -2.32. The summed E-state index contributed by atoms with van der Waals surface area (Å²) in [5.74, 6) is 0.0744. The number of carbonyl (C=O) groups excluding carboxylic acids is 1. The Balaban J connectivity index is 2.11. The van der Waals surface area contributed by atoms with E-state index in [0.717, 1.165) is 11.3 Å². The van der Waals surface area contributed by atoms with Crippen LogP contribution in [0.4, 0.5) is 4.79 Å². The SMILES string of the molecule is CC1(C)OCc2cc(C(O)COC(N)=O)ccc2O1. The fraction of sp³-hybridized carbons (Fsp3) is 0.462. The van der Waals surface area contributed by atoms with Crippen LogP contribution in [0.1, 0.15) is 31.1 Å². The Morgan fingerprint density at radius 1 is 1.58 bits per heavy atom. The van der Waals surface area contributed by atoms with E-state index >= 15 is 0 Å². The molecule has 3 N–H and O–H groups in total. The minimum absolute atomic E-state index is 0.179. The first kappa shape index (κ1) is 13.6. The number of aliphatic hydroxyl groups excluding tert-OH is 1. The molecule has 0 bridgehead atoms. The second-order valence-electron chi connectivity index (χ2n) is 4.80. The van der Waals surface area contributed by atoms with E-state index in [4.69, 9.17) is 15.2 Å². The number of primary amides is 1. The highest BCUT2D eigenvalue weighted by Gasteiger charge is 2.27. The van der Waals surface area contributed by atoms with E-state index in [2.05, 4.69) is 4.74 Å². The molecule has 0 aromatic heterocycles. The molecule has 1 aromatic carbocycles. The van der Waals surface area contributed by atoms with E-state index in [1.165, 1.54) is 0 Å². The van der Waals surface area contributed by atoms with Gasteiger partial charge in [0.25, 0.3) is 0 Å². The lowest BCUT2D eigenvalue weighted by molar-refractivity contribution is -0.180. The maximum atomic E-state index is 10.5. The molecule has 6 heteroatoms. The van der Waals surface area contributed by atoms with E-state index in [9.17, 15) is 9.90 Å². The normalized spacial score (nSPS) is 18.1. The lowest BCUT2D eigenvalue weighted by atomic mass is 10.0. The number of rotatable bonds is 3. The number of nitrogens with two attached hydrogens (primary N) is 1. The van der Waals surface area contributed by atoms with Gasteiger partial charge in [-0.05, 0) is 17.7 Å². The van der Waals surface area contributed by atoms with Crippen LogP contribution in [0.15, 0.2) is 18.2 Å².